The Balaban J connectivity index is 3.80. The van der Waals surface area contributed by atoms with E-state index in [0.29, 0.717) is 11.6 Å². The lowest BCUT2D eigenvalue weighted by Crippen LogP contribution is -2.45. The topological polar surface area (TPSA) is 24.1 Å². The van der Waals surface area contributed by atoms with Gasteiger partial charge in [0.1, 0.15) is 0 Å². The maximum atomic E-state index is 3.73. The molecule has 2 heteroatoms. The van der Waals surface area contributed by atoms with E-state index in [4.69, 9.17) is 0 Å². The highest BCUT2D eigenvalue weighted by Crippen LogP contribution is 2.18. The monoisotopic (exact) mass is 214 g/mol. The maximum absolute atomic E-state index is 3.73. The molecule has 0 spiro atoms. The summed E-state index contributed by atoms with van der Waals surface area (Å²) in [4.78, 5) is 0. The van der Waals surface area contributed by atoms with Crippen LogP contribution in [0.2, 0.25) is 0 Å². The number of rotatable bonds is 9. The molecule has 0 aromatic heterocycles. The molecule has 0 heterocycles. The van der Waals surface area contributed by atoms with Crippen molar-refractivity contribution in [1.82, 2.24) is 10.6 Å². The average Bonchev–Trinajstić information content (AvgIpc) is 2.25. The third kappa shape index (κ3) is 5.53. The van der Waals surface area contributed by atoms with Crippen molar-refractivity contribution in [2.45, 2.75) is 71.9 Å². The minimum Gasteiger partial charge on any atom is -0.314 e. The van der Waals surface area contributed by atoms with E-state index in [2.05, 4.69) is 45.3 Å². The van der Waals surface area contributed by atoms with Crippen LogP contribution in [-0.4, -0.2) is 24.7 Å². The quantitative estimate of drug-likeness (QED) is 0.616. The Kier molecular flexibility index (Phi) is 8.07. The predicted octanol–water partition coefficient (Wildman–Crippen LogP) is 2.93. The predicted molar refractivity (Wildman–Crippen MR) is 69.4 cm³/mol. The Hall–Kier alpha value is -0.0800. The standard InChI is InChI=1S/C13H30N2/c1-6-13(7-2,8-3)15-11-10-12(5)14-9-4/h12,14-15H,6-11H2,1-5H3. The molecule has 1 unspecified atom stereocenters. The molecule has 0 radical (unpaired) electrons. The highest BCUT2D eigenvalue weighted by Gasteiger charge is 2.22. The number of hydrogen-bond donors (Lipinski definition) is 2. The Labute approximate surface area is 96.2 Å². The van der Waals surface area contributed by atoms with Crippen LogP contribution in [0.25, 0.3) is 0 Å². The molecule has 0 aliphatic carbocycles. The van der Waals surface area contributed by atoms with Gasteiger partial charge in [-0.3, -0.25) is 0 Å². The summed E-state index contributed by atoms with van der Waals surface area (Å²) in [5.41, 5.74) is 0.381. The molecule has 15 heavy (non-hydrogen) atoms. The molecule has 1 atom stereocenters. The van der Waals surface area contributed by atoms with Gasteiger partial charge in [-0.25, -0.2) is 0 Å². The summed E-state index contributed by atoms with van der Waals surface area (Å²) in [7, 11) is 0. The van der Waals surface area contributed by atoms with Gasteiger partial charge in [-0.15, -0.1) is 0 Å². The van der Waals surface area contributed by atoms with Crippen LogP contribution in [-0.2, 0) is 0 Å². The fourth-order valence-corrected chi connectivity index (χ4v) is 2.13. The molecule has 92 valence electrons. The molecule has 0 bridgehead atoms. The molecule has 0 saturated carbocycles. The van der Waals surface area contributed by atoms with Gasteiger partial charge < -0.3 is 10.6 Å². The van der Waals surface area contributed by atoms with E-state index in [-0.39, 0.29) is 0 Å². The minimum atomic E-state index is 0.381. The average molecular weight is 214 g/mol. The van der Waals surface area contributed by atoms with Crippen molar-refractivity contribution in [1.29, 1.82) is 0 Å². The molecule has 0 aromatic carbocycles. The first-order chi connectivity index (χ1) is 7.14. The molecular weight excluding hydrogens is 184 g/mol. The van der Waals surface area contributed by atoms with Crippen LogP contribution in [0.1, 0.15) is 60.3 Å². The van der Waals surface area contributed by atoms with Crippen LogP contribution in [0.4, 0.5) is 0 Å². The van der Waals surface area contributed by atoms with Gasteiger partial charge in [0.25, 0.3) is 0 Å². The zero-order valence-electron chi connectivity index (χ0n) is 11.3. The van der Waals surface area contributed by atoms with Crippen molar-refractivity contribution in [3.63, 3.8) is 0 Å². The molecule has 0 rings (SSSR count). The molecule has 0 aromatic rings. The summed E-state index contributed by atoms with van der Waals surface area (Å²) in [6, 6.07) is 0.630. The number of nitrogens with one attached hydrogen (secondary N) is 2. The Bertz CT molecular complexity index is 133. The zero-order chi connectivity index (χ0) is 11.7. The van der Waals surface area contributed by atoms with Crippen LogP contribution < -0.4 is 10.6 Å². The smallest absolute Gasteiger partial charge is 0.0173 e. The molecular formula is C13H30N2. The fraction of sp³-hybridized carbons (Fsp3) is 1.00. The van der Waals surface area contributed by atoms with Crippen molar-refractivity contribution in [2.24, 2.45) is 0 Å². The van der Waals surface area contributed by atoms with Crippen LogP contribution >= 0.6 is 0 Å². The molecule has 0 aliphatic rings. The van der Waals surface area contributed by atoms with Gasteiger partial charge in [-0.1, -0.05) is 27.7 Å². The second-order valence-corrected chi connectivity index (χ2v) is 4.52. The molecule has 0 fully saturated rings. The molecule has 2 nitrogen and oxygen atoms in total. The molecule has 0 saturated heterocycles. The molecule has 0 amide bonds. The Morgan fingerprint density at radius 2 is 1.53 bits per heavy atom. The summed E-state index contributed by atoms with van der Waals surface area (Å²) < 4.78 is 0. The summed E-state index contributed by atoms with van der Waals surface area (Å²) in [6.45, 7) is 13.5. The van der Waals surface area contributed by atoms with Gasteiger partial charge in [0.05, 0.1) is 0 Å². The van der Waals surface area contributed by atoms with Crippen LogP contribution in [0.15, 0.2) is 0 Å². The van der Waals surface area contributed by atoms with Crippen LogP contribution in [0.3, 0.4) is 0 Å². The maximum Gasteiger partial charge on any atom is 0.0173 e. The summed E-state index contributed by atoms with van der Waals surface area (Å²) in [5, 5.41) is 7.18. The van der Waals surface area contributed by atoms with Gasteiger partial charge >= 0.3 is 0 Å². The van der Waals surface area contributed by atoms with E-state index >= 15 is 0 Å². The highest BCUT2D eigenvalue weighted by molar-refractivity contribution is 4.84. The summed E-state index contributed by atoms with van der Waals surface area (Å²) >= 11 is 0. The minimum absolute atomic E-state index is 0.381. The van der Waals surface area contributed by atoms with E-state index in [1.54, 1.807) is 0 Å². The SMILES string of the molecule is CCNC(C)CCNC(CC)(CC)CC. The normalized spacial score (nSPS) is 14.2. The summed E-state index contributed by atoms with van der Waals surface area (Å²) in [5.74, 6) is 0. The third-order valence-electron chi connectivity index (χ3n) is 3.66. The van der Waals surface area contributed by atoms with E-state index in [9.17, 15) is 0 Å². The fourth-order valence-electron chi connectivity index (χ4n) is 2.13. The zero-order valence-corrected chi connectivity index (χ0v) is 11.3. The Morgan fingerprint density at radius 3 is 1.93 bits per heavy atom. The van der Waals surface area contributed by atoms with Gasteiger partial charge in [-0.2, -0.15) is 0 Å². The van der Waals surface area contributed by atoms with E-state index in [0.717, 1.165) is 13.1 Å². The lowest BCUT2D eigenvalue weighted by Gasteiger charge is -2.32. The Morgan fingerprint density at radius 1 is 1.00 bits per heavy atom. The first-order valence-corrected chi connectivity index (χ1v) is 6.62. The molecule has 2 N–H and O–H groups in total. The van der Waals surface area contributed by atoms with E-state index in [1.165, 1.54) is 25.7 Å². The van der Waals surface area contributed by atoms with Crippen molar-refractivity contribution in [3.05, 3.63) is 0 Å². The summed E-state index contributed by atoms with van der Waals surface area (Å²) in [6.07, 6.45) is 4.91. The van der Waals surface area contributed by atoms with Gasteiger partial charge in [0, 0.05) is 11.6 Å². The van der Waals surface area contributed by atoms with Crippen LogP contribution in [0.5, 0.6) is 0 Å². The third-order valence-corrected chi connectivity index (χ3v) is 3.66. The highest BCUT2D eigenvalue weighted by atomic mass is 15.0. The second-order valence-electron chi connectivity index (χ2n) is 4.52. The molecule has 0 aliphatic heterocycles. The number of hydrogen-bond acceptors (Lipinski definition) is 2. The van der Waals surface area contributed by atoms with Crippen molar-refractivity contribution >= 4 is 0 Å². The van der Waals surface area contributed by atoms with Gasteiger partial charge in [0.15, 0.2) is 0 Å². The lowest BCUT2D eigenvalue weighted by molar-refractivity contribution is 0.284. The van der Waals surface area contributed by atoms with Gasteiger partial charge in [-0.05, 0) is 45.7 Å². The van der Waals surface area contributed by atoms with E-state index in [1.807, 2.05) is 0 Å². The first-order valence-electron chi connectivity index (χ1n) is 6.62. The van der Waals surface area contributed by atoms with Crippen molar-refractivity contribution in [3.8, 4) is 0 Å². The van der Waals surface area contributed by atoms with Crippen molar-refractivity contribution in [2.75, 3.05) is 13.1 Å². The second kappa shape index (κ2) is 8.12. The van der Waals surface area contributed by atoms with Gasteiger partial charge in [0.2, 0.25) is 0 Å². The largest absolute Gasteiger partial charge is 0.314 e. The van der Waals surface area contributed by atoms with E-state index < -0.39 is 0 Å². The van der Waals surface area contributed by atoms with Crippen LogP contribution in [0, 0.1) is 0 Å². The lowest BCUT2D eigenvalue weighted by atomic mass is 9.89. The van der Waals surface area contributed by atoms with Crippen molar-refractivity contribution < 1.29 is 0 Å². The first kappa shape index (κ1) is 14.9.